The molecule has 156 valence electrons. The third-order valence-corrected chi connectivity index (χ3v) is 7.77. The highest BCUT2D eigenvalue weighted by atomic mass is 79.9. The summed E-state index contributed by atoms with van der Waals surface area (Å²) in [6, 6.07) is 17.0. The highest BCUT2D eigenvalue weighted by molar-refractivity contribution is 9.10. The summed E-state index contributed by atoms with van der Waals surface area (Å²) in [6.07, 6.45) is 1.80. The van der Waals surface area contributed by atoms with Crippen molar-refractivity contribution in [1.29, 1.82) is 0 Å². The predicted octanol–water partition coefficient (Wildman–Crippen LogP) is 5.06. The van der Waals surface area contributed by atoms with E-state index in [1.54, 1.807) is 0 Å². The Morgan fingerprint density at radius 3 is 2.63 bits per heavy atom. The van der Waals surface area contributed by atoms with Crippen molar-refractivity contribution >= 4 is 54.8 Å². The van der Waals surface area contributed by atoms with Crippen molar-refractivity contribution in [2.75, 3.05) is 11.4 Å². The van der Waals surface area contributed by atoms with E-state index in [1.165, 1.54) is 12.3 Å². The molecule has 1 aromatic heterocycles. The van der Waals surface area contributed by atoms with Crippen LogP contribution in [-0.4, -0.2) is 26.0 Å². The number of anilines is 1. The van der Waals surface area contributed by atoms with Gasteiger partial charge in [0.25, 0.3) is 0 Å². The molecule has 0 aliphatic carbocycles. The Hall–Kier alpha value is -1.64. The Balaban J connectivity index is 1.62. The van der Waals surface area contributed by atoms with Crippen LogP contribution < -0.4 is 9.62 Å². The molecule has 9 heteroatoms. The minimum absolute atomic E-state index is 0.0604. The number of halogens is 3. The highest BCUT2D eigenvalue weighted by Crippen LogP contribution is 2.31. The van der Waals surface area contributed by atoms with E-state index in [4.69, 9.17) is 23.2 Å². The number of fused-ring (bicyclic) bond motifs is 1. The van der Waals surface area contributed by atoms with Gasteiger partial charge in [0.1, 0.15) is 10.0 Å². The fourth-order valence-electron chi connectivity index (χ4n) is 3.59. The molecular formula is C21H18BrCl2N3O2S. The van der Waals surface area contributed by atoms with Gasteiger partial charge in [-0.05, 0) is 57.7 Å². The molecule has 1 aliphatic heterocycles. The Labute approximate surface area is 194 Å². The van der Waals surface area contributed by atoms with Crippen molar-refractivity contribution in [3.8, 4) is 0 Å². The lowest BCUT2D eigenvalue weighted by molar-refractivity contribution is 0.524. The molecule has 0 bridgehead atoms. The van der Waals surface area contributed by atoms with Crippen LogP contribution in [0, 0.1) is 0 Å². The molecule has 1 aliphatic rings. The van der Waals surface area contributed by atoms with Gasteiger partial charge < -0.3 is 4.90 Å². The fraction of sp³-hybridized carbons (Fsp3) is 0.190. The molecule has 0 saturated heterocycles. The second-order valence-corrected chi connectivity index (χ2v) is 10.5. The zero-order valence-corrected chi connectivity index (χ0v) is 19.6. The van der Waals surface area contributed by atoms with Crippen LogP contribution in [0.5, 0.6) is 0 Å². The van der Waals surface area contributed by atoms with Crippen LogP contribution in [-0.2, 0) is 23.0 Å². The molecule has 0 radical (unpaired) electrons. The molecule has 4 rings (SSSR count). The minimum atomic E-state index is -3.77. The van der Waals surface area contributed by atoms with Gasteiger partial charge in [-0.15, -0.1) is 0 Å². The van der Waals surface area contributed by atoms with Crippen LogP contribution in [0.2, 0.25) is 10.2 Å². The Bertz CT molecular complexity index is 1180. The van der Waals surface area contributed by atoms with Crippen LogP contribution in [0.15, 0.2) is 70.2 Å². The number of aromatic nitrogens is 1. The first-order valence-electron chi connectivity index (χ1n) is 9.22. The molecule has 0 amide bonds. The zero-order valence-electron chi connectivity index (χ0n) is 15.7. The van der Waals surface area contributed by atoms with Crippen LogP contribution in [0.4, 0.5) is 5.69 Å². The fourth-order valence-corrected chi connectivity index (χ4v) is 5.59. The van der Waals surface area contributed by atoms with Crippen LogP contribution in [0.1, 0.15) is 11.1 Å². The van der Waals surface area contributed by atoms with Crippen molar-refractivity contribution < 1.29 is 8.42 Å². The number of nitrogens with zero attached hydrogens (tertiary/aromatic N) is 2. The Morgan fingerprint density at radius 1 is 1.13 bits per heavy atom. The summed E-state index contributed by atoms with van der Waals surface area (Å²) in [5.74, 6) is 0. The number of nitrogens with one attached hydrogen (secondary N) is 1. The zero-order chi connectivity index (χ0) is 21.3. The molecule has 1 unspecified atom stereocenters. The Morgan fingerprint density at radius 2 is 1.90 bits per heavy atom. The SMILES string of the molecule is O=S(=O)(NC1Cc2cc(Cl)ccc2N(Cc2ccccc2)C1)c1cnc(Cl)c(Br)c1. The number of hydrogen-bond donors (Lipinski definition) is 1. The third kappa shape index (κ3) is 4.81. The van der Waals surface area contributed by atoms with Gasteiger partial charge in [-0.25, -0.2) is 18.1 Å². The number of benzene rings is 2. The number of sulfonamides is 1. The number of hydrogen-bond acceptors (Lipinski definition) is 4. The topological polar surface area (TPSA) is 62.3 Å². The van der Waals surface area contributed by atoms with Gasteiger partial charge in [-0.2, -0.15) is 0 Å². The van der Waals surface area contributed by atoms with Gasteiger partial charge >= 0.3 is 0 Å². The summed E-state index contributed by atoms with van der Waals surface area (Å²) in [6.45, 7) is 1.20. The minimum Gasteiger partial charge on any atom is -0.365 e. The normalized spacial score (nSPS) is 16.4. The maximum absolute atomic E-state index is 12.9. The lowest BCUT2D eigenvalue weighted by Crippen LogP contribution is -2.48. The van der Waals surface area contributed by atoms with Crippen LogP contribution in [0.25, 0.3) is 0 Å². The van der Waals surface area contributed by atoms with Crippen molar-refractivity contribution in [3.63, 3.8) is 0 Å². The van der Waals surface area contributed by atoms with Crippen molar-refractivity contribution in [2.45, 2.75) is 23.9 Å². The van der Waals surface area contributed by atoms with Crippen LogP contribution in [0.3, 0.4) is 0 Å². The van der Waals surface area contributed by atoms with Gasteiger partial charge in [0.05, 0.1) is 4.47 Å². The molecule has 0 saturated carbocycles. The maximum atomic E-state index is 12.9. The average Bonchev–Trinajstić information content (AvgIpc) is 2.70. The molecular weight excluding hydrogens is 509 g/mol. The molecule has 0 fully saturated rings. The van der Waals surface area contributed by atoms with Crippen molar-refractivity contribution in [2.24, 2.45) is 0 Å². The Kier molecular flexibility index (Phi) is 6.36. The predicted molar refractivity (Wildman–Crippen MR) is 124 cm³/mol. The quantitative estimate of drug-likeness (QED) is 0.472. The lowest BCUT2D eigenvalue weighted by Gasteiger charge is -2.36. The van der Waals surface area contributed by atoms with E-state index in [2.05, 4.69) is 42.7 Å². The first-order chi connectivity index (χ1) is 14.3. The van der Waals surface area contributed by atoms with Gasteiger partial charge in [0.2, 0.25) is 10.0 Å². The van der Waals surface area contributed by atoms with Crippen molar-refractivity contribution in [1.82, 2.24) is 9.71 Å². The summed E-state index contributed by atoms with van der Waals surface area (Å²) in [5.41, 5.74) is 3.22. The number of pyridine rings is 1. The van der Waals surface area contributed by atoms with E-state index >= 15 is 0 Å². The third-order valence-electron chi connectivity index (χ3n) is 4.91. The summed E-state index contributed by atoms with van der Waals surface area (Å²) >= 11 is 15.3. The molecule has 3 aromatic rings. The average molecular weight is 527 g/mol. The number of rotatable bonds is 5. The van der Waals surface area contributed by atoms with E-state index in [9.17, 15) is 8.42 Å². The largest absolute Gasteiger partial charge is 0.365 e. The first kappa shape index (κ1) is 21.6. The highest BCUT2D eigenvalue weighted by Gasteiger charge is 2.29. The van der Waals surface area contributed by atoms with Gasteiger partial charge in [-0.3, -0.25) is 0 Å². The van der Waals surface area contributed by atoms with Gasteiger partial charge in [0, 0.05) is 36.0 Å². The first-order valence-corrected chi connectivity index (χ1v) is 12.3. The summed E-state index contributed by atoms with van der Waals surface area (Å²) < 4.78 is 29.1. The molecule has 1 N–H and O–H groups in total. The van der Waals surface area contributed by atoms with E-state index in [0.717, 1.165) is 16.8 Å². The van der Waals surface area contributed by atoms with Crippen LogP contribution >= 0.6 is 39.1 Å². The monoisotopic (exact) mass is 525 g/mol. The summed E-state index contributed by atoms with van der Waals surface area (Å²) in [4.78, 5) is 6.16. The summed E-state index contributed by atoms with van der Waals surface area (Å²) in [7, 11) is -3.77. The second-order valence-electron chi connectivity index (χ2n) is 7.11. The van der Waals surface area contributed by atoms with Gasteiger partial charge in [-0.1, -0.05) is 53.5 Å². The molecule has 2 heterocycles. The van der Waals surface area contributed by atoms with E-state index < -0.39 is 10.0 Å². The van der Waals surface area contributed by atoms with E-state index in [-0.39, 0.29) is 16.1 Å². The molecule has 30 heavy (non-hydrogen) atoms. The molecule has 1 atom stereocenters. The maximum Gasteiger partial charge on any atom is 0.242 e. The standard InChI is InChI=1S/C21H18BrCl2N3O2S/c22-19-10-18(11-25-21(19)24)30(28,29)26-17-9-15-8-16(23)6-7-20(15)27(13-17)12-14-4-2-1-3-5-14/h1-8,10-11,17,26H,9,12-13H2. The van der Waals surface area contributed by atoms with E-state index in [1.807, 2.05) is 36.4 Å². The van der Waals surface area contributed by atoms with E-state index in [0.29, 0.717) is 29.0 Å². The smallest absolute Gasteiger partial charge is 0.242 e. The summed E-state index contributed by atoms with van der Waals surface area (Å²) in [5, 5.41) is 0.840. The molecule has 5 nitrogen and oxygen atoms in total. The van der Waals surface area contributed by atoms with Crippen molar-refractivity contribution in [3.05, 3.63) is 86.6 Å². The molecule has 2 aromatic carbocycles. The lowest BCUT2D eigenvalue weighted by atomic mass is 9.98. The molecule has 0 spiro atoms. The second kappa shape index (κ2) is 8.85. The van der Waals surface area contributed by atoms with Gasteiger partial charge in [0.15, 0.2) is 0 Å².